The van der Waals surface area contributed by atoms with Gasteiger partial charge in [0, 0.05) is 16.5 Å². The van der Waals surface area contributed by atoms with Crippen molar-refractivity contribution in [2.75, 3.05) is 7.05 Å². The molecule has 1 aromatic carbocycles. The maximum Gasteiger partial charge on any atom is 0.133 e. The van der Waals surface area contributed by atoms with E-state index in [2.05, 4.69) is 10.3 Å². The smallest absolute Gasteiger partial charge is 0.133 e. The van der Waals surface area contributed by atoms with Gasteiger partial charge in [-0.25, -0.2) is 9.37 Å². The summed E-state index contributed by atoms with van der Waals surface area (Å²) in [5.74, 6) is -0.186. The molecule has 1 atom stereocenters. The number of thiazole rings is 1. The van der Waals surface area contributed by atoms with Crippen LogP contribution in [-0.4, -0.2) is 18.1 Å². The van der Waals surface area contributed by atoms with E-state index in [9.17, 15) is 4.39 Å². The molecule has 3 rings (SSSR count). The first-order valence-corrected chi connectivity index (χ1v) is 7.00. The van der Waals surface area contributed by atoms with Crippen LogP contribution in [0, 0.1) is 5.82 Å². The monoisotopic (exact) mass is 262 g/mol. The van der Waals surface area contributed by atoms with Gasteiger partial charge in [-0.2, -0.15) is 0 Å². The lowest BCUT2D eigenvalue weighted by atomic mass is 9.98. The third kappa shape index (κ3) is 2.06. The number of nitrogens with zero attached hydrogens (tertiary/aromatic N) is 1. The Kier molecular flexibility index (Phi) is 3.14. The molecule has 1 aliphatic carbocycles. The van der Waals surface area contributed by atoms with Crippen molar-refractivity contribution in [2.45, 2.75) is 25.3 Å². The Hall–Kier alpha value is -1.26. The number of hydrogen-bond donors (Lipinski definition) is 1. The maximum absolute atomic E-state index is 13.7. The van der Waals surface area contributed by atoms with Crippen LogP contribution in [0.15, 0.2) is 24.3 Å². The zero-order valence-corrected chi connectivity index (χ0v) is 11.1. The van der Waals surface area contributed by atoms with Gasteiger partial charge in [0.05, 0.1) is 5.69 Å². The SMILES string of the molecule is CNC1CCc2nc(-c3ccccc3F)sc2C1. The Morgan fingerprint density at radius 2 is 2.22 bits per heavy atom. The number of likely N-dealkylation sites (N-methyl/N-ethyl adjacent to an activating group) is 1. The molecule has 0 amide bonds. The van der Waals surface area contributed by atoms with Gasteiger partial charge in [0.2, 0.25) is 0 Å². The van der Waals surface area contributed by atoms with Gasteiger partial charge in [0.25, 0.3) is 0 Å². The predicted molar refractivity (Wildman–Crippen MR) is 72.4 cm³/mol. The zero-order valence-electron chi connectivity index (χ0n) is 10.2. The summed E-state index contributed by atoms with van der Waals surface area (Å²) in [5.41, 5.74) is 1.78. The fourth-order valence-electron chi connectivity index (χ4n) is 2.37. The molecule has 0 radical (unpaired) electrons. The fourth-order valence-corrected chi connectivity index (χ4v) is 3.59. The molecular weight excluding hydrogens is 247 g/mol. The Morgan fingerprint density at radius 1 is 1.39 bits per heavy atom. The molecule has 2 aromatic rings. The second kappa shape index (κ2) is 4.78. The quantitative estimate of drug-likeness (QED) is 0.900. The highest BCUT2D eigenvalue weighted by molar-refractivity contribution is 7.15. The summed E-state index contributed by atoms with van der Waals surface area (Å²) in [4.78, 5) is 5.91. The number of rotatable bonds is 2. The number of benzene rings is 1. The highest BCUT2D eigenvalue weighted by Crippen LogP contribution is 2.33. The molecule has 94 valence electrons. The number of fused-ring (bicyclic) bond motifs is 1. The summed E-state index contributed by atoms with van der Waals surface area (Å²) < 4.78 is 13.7. The summed E-state index contributed by atoms with van der Waals surface area (Å²) in [7, 11) is 1.99. The van der Waals surface area contributed by atoms with Crippen molar-refractivity contribution >= 4 is 11.3 Å². The Bertz CT molecular complexity index is 565. The Morgan fingerprint density at radius 3 is 3.00 bits per heavy atom. The Balaban J connectivity index is 1.97. The molecule has 1 aliphatic rings. The van der Waals surface area contributed by atoms with Gasteiger partial charge in [-0.15, -0.1) is 11.3 Å². The van der Waals surface area contributed by atoms with Crippen LogP contribution in [0.25, 0.3) is 10.6 Å². The lowest BCUT2D eigenvalue weighted by molar-refractivity contribution is 0.497. The third-order valence-electron chi connectivity index (χ3n) is 3.45. The van der Waals surface area contributed by atoms with E-state index in [4.69, 9.17) is 0 Å². The van der Waals surface area contributed by atoms with Crippen LogP contribution in [-0.2, 0) is 12.8 Å². The molecule has 0 aliphatic heterocycles. The van der Waals surface area contributed by atoms with Crippen molar-refractivity contribution in [3.8, 4) is 10.6 Å². The van der Waals surface area contributed by atoms with Gasteiger partial charge >= 0.3 is 0 Å². The molecule has 0 saturated carbocycles. The van der Waals surface area contributed by atoms with E-state index in [-0.39, 0.29) is 5.82 Å². The largest absolute Gasteiger partial charge is 0.317 e. The lowest BCUT2D eigenvalue weighted by Gasteiger charge is -2.19. The average Bonchev–Trinajstić information content (AvgIpc) is 2.81. The molecular formula is C14H15FN2S. The number of halogens is 1. The zero-order chi connectivity index (χ0) is 12.5. The maximum atomic E-state index is 13.7. The molecule has 1 heterocycles. The van der Waals surface area contributed by atoms with Gasteiger partial charge in [-0.05, 0) is 38.4 Å². The van der Waals surface area contributed by atoms with E-state index in [0.29, 0.717) is 11.6 Å². The molecule has 1 aromatic heterocycles. The highest BCUT2D eigenvalue weighted by atomic mass is 32.1. The third-order valence-corrected chi connectivity index (χ3v) is 4.61. The van der Waals surface area contributed by atoms with Crippen molar-refractivity contribution in [3.63, 3.8) is 0 Å². The molecule has 0 spiro atoms. The molecule has 4 heteroatoms. The minimum atomic E-state index is -0.186. The van der Waals surface area contributed by atoms with Crippen molar-refractivity contribution in [1.29, 1.82) is 0 Å². The van der Waals surface area contributed by atoms with Crippen molar-refractivity contribution in [3.05, 3.63) is 40.7 Å². The van der Waals surface area contributed by atoms with Crippen LogP contribution in [0.3, 0.4) is 0 Å². The van der Waals surface area contributed by atoms with Crippen molar-refractivity contribution in [2.24, 2.45) is 0 Å². The summed E-state index contributed by atoms with van der Waals surface area (Å²) in [6, 6.07) is 7.39. The van der Waals surface area contributed by atoms with Crippen molar-refractivity contribution < 1.29 is 4.39 Å². The van der Waals surface area contributed by atoms with Gasteiger partial charge in [-0.1, -0.05) is 12.1 Å². The van der Waals surface area contributed by atoms with Crippen LogP contribution in [0.5, 0.6) is 0 Å². The highest BCUT2D eigenvalue weighted by Gasteiger charge is 2.22. The van der Waals surface area contributed by atoms with Crippen LogP contribution in [0.4, 0.5) is 4.39 Å². The Labute approximate surface area is 110 Å². The van der Waals surface area contributed by atoms with Crippen LogP contribution in [0.2, 0.25) is 0 Å². The number of aromatic nitrogens is 1. The lowest BCUT2D eigenvalue weighted by Crippen LogP contribution is -2.30. The molecule has 2 nitrogen and oxygen atoms in total. The first-order chi connectivity index (χ1) is 8.78. The summed E-state index contributed by atoms with van der Waals surface area (Å²) in [6.45, 7) is 0. The molecule has 1 unspecified atom stereocenters. The van der Waals surface area contributed by atoms with E-state index in [1.807, 2.05) is 13.1 Å². The van der Waals surface area contributed by atoms with E-state index in [1.54, 1.807) is 23.5 Å². The minimum Gasteiger partial charge on any atom is -0.317 e. The summed E-state index contributed by atoms with van der Waals surface area (Å²) >= 11 is 1.63. The van der Waals surface area contributed by atoms with E-state index in [1.165, 1.54) is 10.9 Å². The fraction of sp³-hybridized carbons (Fsp3) is 0.357. The van der Waals surface area contributed by atoms with Gasteiger partial charge < -0.3 is 5.32 Å². The van der Waals surface area contributed by atoms with E-state index < -0.39 is 0 Å². The second-order valence-corrected chi connectivity index (χ2v) is 5.68. The van der Waals surface area contributed by atoms with Crippen molar-refractivity contribution in [1.82, 2.24) is 10.3 Å². The number of hydrogen-bond acceptors (Lipinski definition) is 3. The molecule has 0 saturated heterocycles. The molecule has 0 bridgehead atoms. The number of aryl methyl sites for hydroxylation is 1. The topological polar surface area (TPSA) is 24.9 Å². The first kappa shape index (κ1) is 11.8. The van der Waals surface area contributed by atoms with Gasteiger partial charge in [0.15, 0.2) is 0 Å². The first-order valence-electron chi connectivity index (χ1n) is 6.18. The normalized spacial score (nSPS) is 18.7. The molecule has 1 N–H and O–H groups in total. The average molecular weight is 262 g/mol. The van der Waals surface area contributed by atoms with Crippen LogP contribution < -0.4 is 5.32 Å². The second-order valence-electron chi connectivity index (χ2n) is 4.60. The van der Waals surface area contributed by atoms with Gasteiger partial charge in [-0.3, -0.25) is 0 Å². The van der Waals surface area contributed by atoms with Crippen LogP contribution >= 0.6 is 11.3 Å². The summed E-state index contributed by atoms with van der Waals surface area (Å²) in [5, 5.41) is 4.12. The number of nitrogens with one attached hydrogen (secondary N) is 1. The van der Waals surface area contributed by atoms with Gasteiger partial charge in [0.1, 0.15) is 10.8 Å². The van der Waals surface area contributed by atoms with E-state index >= 15 is 0 Å². The molecule has 18 heavy (non-hydrogen) atoms. The molecule has 0 fully saturated rings. The standard InChI is InChI=1S/C14H15FN2S/c1-16-9-6-7-12-13(8-9)18-14(17-12)10-4-2-3-5-11(10)15/h2-5,9,16H,6-8H2,1H3. The minimum absolute atomic E-state index is 0.186. The predicted octanol–water partition coefficient (Wildman–Crippen LogP) is 3.03. The van der Waals surface area contributed by atoms with Crippen LogP contribution in [0.1, 0.15) is 17.0 Å². The summed E-state index contributed by atoms with van der Waals surface area (Å²) in [6.07, 6.45) is 3.12. The van der Waals surface area contributed by atoms with E-state index in [0.717, 1.165) is 30.0 Å².